The SMILES string of the molecule is COC(=O)C1CCN(C(=NCC(=O)N(C)C)NCCSc2ccccc2)CC1.I. The second-order valence-corrected chi connectivity index (χ2v) is 7.97. The molecule has 1 fully saturated rings. The maximum atomic E-state index is 11.9. The lowest BCUT2D eigenvalue weighted by Gasteiger charge is -2.33. The van der Waals surface area contributed by atoms with Gasteiger partial charge in [0.05, 0.1) is 13.0 Å². The van der Waals surface area contributed by atoms with Gasteiger partial charge >= 0.3 is 5.97 Å². The molecule has 2 rings (SSSR count). The number of methoxy groups -OCH3 is 1. The maximum absolute atomic E-state index is 11.9. The summed E-state index contributed by atoms with van der Waals surface area (Å²) in [6, 6.07) is 10.2. The van der Waals surface area contributed by atoms with E-state index in [2.05, 4.69) is 27.3 Å². The molecule has 0 spiro atoms. The zero-order valence-electron chi connectivity index (χ0n) is 17.3. The lowest BCUT2D eigenvalue weighted by molar-refractivity contribution is -0.146. The maximum Gasteiger partial charge on any atom is 0.308 e. The number of benzene rings is 1. The molecule has 0 atom stereocenters. The number of rotatable bonds is 7. The number of likely N-dealkylation sites (tertiary alicyclic amines) is 1. The molecule has 9 heteroatoms. The quantitative estimate of drug-likeness (QED) is 0.145. The van der Waals surface area contributed by atoms with Crippen molar-refractivity contribution < 1.29 is 14.3 Å². The van der Waals surface area contributed by atoms with E-state index >= 15 is 0 Å². The number of esters is 1. The lowest BCUT2D eigenvalue weighted by Crippen LogP contribution is -2.47. The Labute approximate surface area is 194 Å². The highest BCUT2D eigenvalue weighted by Crippen LogP contribution is 2.19. The summed E-state index contributed by atoms with van der Waals surface area (Å²) in [6.45, 7) is 2.28. The first-order valence-corrected chi connectivity index (χ1v) is 10.5. The fourth-order valence-electron chi connectivity index (χ4n) is 2.89. The highest BCUT2D eigenvalue weighted by atomic mass is 127. The number of nitrogens with zero attached hydrogens (tertiary/aromatic N) is 3. The number of ether oxygens (including phenoxy) is 1. The fraction of sp³-hybridized carbons (Fsp3) is 0.550. The molecule has 7 nitrogen and oxygen atoms in total. The minimum Gasteiger partial charge on any atom is -0.469 e. The van der Waals surface area contributed by atoms with Crippen molar-refractivity contribution in [3.63, 3.8) is 0 Å². The summed E-state index contributed by atoms with van der Waals surface area (Å²) in [6.07, 6.45) is 1.46. The minimum atomic E-state index is -0.145. The standard InChI is InChI=1S/C20H30N4O3S.HI/c1-23(2)18(25)15-22-20(21-11-14-28-17-7-5-4-6-8-17)24-12-9-16(10-13-24)19(26)27-3;/h4-8,16H,9-15H2,1-3H3,(H,21,22);1H. The molecule has 0 unspecified atom stereocenters. The van der Waals surface area contributed by atoms with Gasteiger partial charge in [-0.2, -0.15) is 0 Å². The van der Waals surface area contributed by atoms with Crippen molar-refractivity contribution in [2.24, 2.45) is 10.9 Å². The Morgan fingerprint density at radius 3 is 2.48 bits per heavy atom. The van der Waals surface area contributed by atoms with Gasteiger partial charge in [-0.1, -0.05) is 18.2 Å². The Balaban J connectivity index is 0.00000420. The van der Waals surface area contributed by atoms with Crippen LogP contribution in [0.4, 0.5) is 0 Å². The third-order valence-corrected chi connectivity index (χ3v) is 5.60. The van der Waals surface area contributed by atoms with Crippen LogP contribution in [-0.4, -0.2) is 80.8 Å². The van der Waals surface area contributed by atoms with Gasteiger partial charge in [-0.25, -0.2) is 4.99 Å². The number of aliphatic imine (C=N–C) groups is 1. The largest absolute Gasteiger partial charge is 0.469 e. The van der Waals surface area contributed by atoms with Crippen molar-refractivity contribution in [3.8, 4) is 0 Å². The number of hydrogen-bond donors (Lipinski definition) is 1. The molecular formula is C20H31IN4O3S. The molecule has 1 saturated heterocycles. The van der Waals surface area contributed by atoms with Crippen LogP contribution >= 0.6 is 35.7 Å². The van der Waals surface area contributed by atoms with E-state index in [0.717, 1.165) is 31.1 Å². The molecule has 29 heavy (non-hydrogen) atoms. The van der Waals surface area contributed by atoms with Crippen LogP contribution in [-0.2, 0) is 14.3 Å². The number of thioether (sulfide) groups is 1. The monoisotopic (exact) mass is 534 g/mol. The molecule has 162 valence electrons. The molecule has 1 aliphatic rings. The molecule has 1 amide bonds. The first-order chi connectivity index (χ1) is 13.5. The summed E-state index contributed by atoms with van der Waals surface area (Å²) >= 11 is 1.77. The lowest BCUT2D eigenvalue weighted by atomic mass is 9.97. The summed E-state index contributed by atoms with van der Waals surface area (Å²) in [5, 5.41) is 3.38. The van der Waals surface area contributed by atoms with Crippen LogP contribution in [0.15, 0.2) is 40.2 Å². The average Bonchev–Trinajstić information content (AvgIpc) is 2.73. The van der Waals surface area contributed by atoms with E-state index in [4.69, 9.17) is 4.74 Å². The molecule has 1 aromatic rings. The van der Waals surface area contributed by atoms with Gasteiger partial charge in [0.2, 0.25) is 5.91 Å². The zero-order valence-corrected chi connectivity index (χ0v) is 20.4. The van der Waals surface area contributed by atoms with Gasteiger partial charge in [-0.3, -0.25) is 9.59 Å². The number of carbonyl (C=O) groups is 2. The first kappa shape index (κ1) is 25.5. The van der Waals surface area contributed by atoms with Gasteiger partial charge in [0, 0.05) is 44.4 Å². The van der Waals surface area contributed by atoms with Crippen LogP contribution in [0.25, 0.3) is 0 Å². The smallest absolute Gasteiger partial charge is 0.308 e. The van der Waals surface area contributed by atoms with Crippen molar-refractivity contribution in [1.29, 1.82) is 0 Å². The fourth-order valence-corrected chi connectivity index (χ4v) is 3.68. The predicted octanol–water partition coefficient (Wildman–Crippen LogP) is 2.32. The predicted molar refractivity (Wildman–Crippen MR) is 128 cm³/mol. The molecule has 0 aliphatic carbocycles. The minimum absolute atomic E-state index is 0. The Morgan fingerprint density at radius 2 is 1.90 bits per heavy atom. The van der Waals surface area contributed by atoms with Gasteiger partial charge in [0.1, 0.15) is 6.54 Å². The van der Waals surface area contributed by atoms with Crippen LogP contribution in [0.3, 0.4) is 0 Å². The number of carbonyl (C=O) groups excluding carboxylic acids is 2. The Hall–Kier alpha value is -1.49. The molecule has 1 aromatic carbocycles. The van der Waals surface area contributed by atoms with Crippen molar-refractivity contribution in [1.82, 2.24) is 15.1 Å². The number of halogens is 1. The summed E-state index contributed by atoms with van der Waals surface area (Å²) < 4.78 is 4.86. The molecule has 1 aliphatic heterocycles. The Bertz CT molecular complexity index is 665. The third kappa shape index (κ3) is 8.81. The molecule has 0 saturated carbocycles. The summed E-state index contributed by atoms with van der Waals surface area (Å²) in [5.41, 5.74) is 0. The molecule has 0 aromatic heterocycles. The van der Waals surface area contributed by atoms with Gasteiger partial charge in [-0.05, 0) is 25.0 Å². The second-order valence-electron chi connectivity index (χ2n) is 6.80. The Morgan fingerprint density at radius 1 is 1.24 bits per heavy atom. The van der Waals surface area contributed by atoms with Crippen molar-refractivity contribution in [2.75, 3.05) is 53.1 Å². The number of amides is 1. The number of piperidine rings is 1. The van der Waals surface area contributed by atoms with Gasteiger partial charge in [-0.15, -0.1) is 35.7 Å². The summed E-state index contributed by atoms with van der Waals surface area (Å²) in [7, 11) is 4.88. The van der Waals surface area contributed by atoms with Gasteiger partial charge in [0.15, 0.2) is 5.96 Å². The zero-order chi connectivity index (χ0) is 20.4. The van der Waals surface area contributed by atoms with E-state index in [0.29, 0.717) is 13.1 Å². The first-order valence-electron chi connectivity index (χ1n) is 9.50. The molecular weight excluding hydrogens is 503 g/mol. The topological polar surface area (TPSA) is 74.2 Å². The van der Waals surface area contributed by atoms with Crippen molar-refractivity contribution in [2.45, 2.75) is 17.7 Å². The summed E-state index contributed by atoms with van der Waals surface area (Å²) in [5.74, 6) is 1.38. The van der Waals surface area contributed by atoms with Gasteiger partial charge < -0.3 is 19.9 Å². The number of likely N-dealkylation sites (N-methyl/N-ethyl adjacent to an activating group) is 1. The molecule has 1 heterocycles. The van der Waals surface area contributed by atoms with E-state index in [1.165, 1.54) is 16.9 Å². The van der Waals surface area contributed by atoms with Crippen molar-refractivity contribution >= 4 is 53.6 Å². The van der Waals surface area contributed by atoms with E-state index < -0.39 is 0 Å². The van der Waals surface area contributed by atoms with Crippen molar-refractivity contribution in [3.05, 3.63) is 30.3 Å². The number of nitrogens with one attached hydrogen (secondary N) is 1. The summed E-state index contributed by atoms with van der Waals surface area (Å²) in [4.78, 5) is 33.1. The normalized spacial score (nSPS) is 14.7. The van der Waals surface area contributed by atoms with E-state index in [1.807, 2.05) is 18.2 Å². The van der Waals surface area contributed by atoms with Crippen LogP contribution in [0.2, 0.25) is 0 Å². The van der Waals surface area contributed by atoms with Crippen LogP contribution in [0, 0.1) is 5.92 Å². The Kier molecular flexibility index (Phi) is 12.1. The molecule has 0 bridgehead atoms. The highest BCUT2D eigenvalue weighted by Gasteiger charge is 2.27. The molecule has 1 N–H and O–H groups in total. The average molecular weight is 534 g/mol. The third-order valence-electron chi connectivity index (χ3n) is 4.59. The number of guanidine groups is 1. The van der Waals surface area contributed by atoms with Crippen LogP contribution in [0.1, 0.15) is 12.8 Å². The molecule has 0 radical (unpaired) electrons. The van der Waals surface area contributed by atoms with Crippen LogP contribution < -0.4 is 5.32 Å². The second kappa shape index (κ2) is 13.7. The number of hydrogen-bond acceptors (Lipinski definition) is 5. The van der Waals surface area contributed by atoms with E-state index in [-0.39, 0.29) is 48.3 Å². The van der Waals surface area contributed by atoms with E-state index in [1.54, 1.807) is 25.9 Å². The highest BCUT2D eigenvalue weighted by molar-refractivity contribution is 14.0. The van der Waals surface area contributed by atoms with Gasteiger partial charge in [0.25, 0.3) is 0 Å². The van der Waals surface area contributed by atoms with E-state index in [9.17, 15) is 9.59 Å². The van der Waals surface area contributed by atoms with Crippen LogP contribution in [0.5, 0.6) is 0 Å².